The Kier molecular flexibility index (Phi) is 2.33. The predicted octanol–water partition coefficient (Wildman–Crippen LogP) is 1.55. The second-order valence-corrected chi connectivity index (χ2v) is 3.12. The molecule has 0 aliphatic carbocycles. The Hall–Kier alpha value is -1.97. The van der Waals surface area contributed by atoms with Crippen molar-refractivity contribution in [3.63, 3.8) is 0 Å². The van der Waals surface area contributed by atoms with Crippen molar-refractivity contribution in [3.05, 3.63) is 34.6 Å². The van der Waals surface area contributed by atoms with E-state index in [1.165, 1.54) is 6.07 Å². The van der Waals surface area contributed by atoms with Crippen LogP contribution in [-0.4, -0.2) is 19.2 Å². The SMILES string of the molecule is COc1cc(OC)c2[nH]c(=O)ccc2c1. The van der Waals surface area contributed by atoms with E-state index in [1.807, 2.05) is 6.07 Å². The van der Waals surface area contributed by atoms with Crippen molar-refractivity contribution in [3.8, 4) is 11.5 Å². The minimum Gasteiger partial charge on any atom is -0.497 e. The Bertz CT molecular complexity index is 545. The van der Waals surface area contributed by atoms with Crippen molar-refractivity contribution in [1.29, 1.82) is 0 Å². The lowest BCUT2D eigenvalue weighted by molar-refractivity contribution is 0.397. The molecule has 0 radical (unpaired) electrons. The highest BCUT2D eigenvalue weighted by Crippen LogP contribution is 2.28. The van der Waals surface area contributed by atoms with Gasteiger partial charge in [0.2, 0.25) is 5.56 Å². The molecule has 2 aromatic rings. The topological polar surface area (TPSA) is 51.3 Å². The van der Waals surface area contributed by atoms with Crippen LogP contribution in [0.25, 0.3) is 10.9 Å². The first-order chi connectivity index (χ1) is 7.24. The summed E-state index contributed by atoms with van der Waals surface area (Å²) in [7, 11) is 3.14. The quantitative estimate of drug-likeness (QED) is 0.809. The number of aromatic nitrogens is 1. The van der Waals surface area contributed by atoms with E-state index in [4.69, 9.17) is 9.47 Å². The number of rotatable bonds is 2. The Labute approximate surface area is 86.5 Å². The summed E-state index contributed by atoms with van der Waals surface area (Å²) >= 11 is 0. The van der Waals surface area contributed by atoms with Gasteiger partial charge in [0.05, 0.1) is 19.7 Å². The minimum absolute atomic E-state index is 0.147. The normalized spacial score (nSPS) is 10.3. The van der Waals surface area contributed by atoms with E-state index in [0.29, 0.717) is 17.0 Å². The van der Waals surface area contributed by atoms with Crippen LogP contribution in [0.5, 0.6) is 11.5 Å². The van der Waals surface area contributed by atoms with E-state index >= 15 is 0 Å². The van der Waals surface area contributed by atoms with Gasteiger partial charge in [-0.1, -0.05) is 0 Å². The summed E-state index contributed by atoms with van der Waals surface area (Å²) in [5.74, 6) is 1.30. The first-order valence-corrected chi connectivity index (χ1v) is 4.49. The molecule has 0 amide bonds. The van der Waals surface area contributed by atoms with Crippen LogP contribution < -0.4 is 15.0 Å². The maximum atomic E-state index is 11.2. The summed E-state index contributed by atoms with van der Waals surface area (Å²) in [4.78, 5) is 13.9. The molecule has 0 bridgehead atoms. The van der Waals surface area contributed by atoms with Gasteiger partial charge in [-0.3, -0.25) is 4.79 Å². The van der Waals surface area contributed by atoms with Crippen LogP contribution in [0.1, 0.15) is 0 Å². The molecule has 0 atom stereocenters. The van der Waals surface area contributed by atoms with Crippen LogP contribution in [0.4, 0.5) is 0 Å². The number of fused-ring (bicyclic) bond motifs is 1. The second-order valence-electron chi connectivity index (χ2n) is 3.12. The third-order valence-electron chi connectivity index (χ3n) is 2.22. The molecule has 78 valence electrons. The molecule has 0 aliphatic heterocycles. The van der Waals surface area contributed by atoms with Crippen molar-refractivity contribution >= 4 is 10.9 Å². The molecule has 0 saturated heterocycles. The molecule has 1 heterocycles. The van der Waals surface area contributed by atoms with Gasteiger partial charge >= 0.3 is 0 Å². The second kappa shape index (κ2) is 3.65. The van der Waals surface area contributed by atoms with E-state index in [9.17, 15) is 4.79 Å². The first kappa shape index (κ1) is 9.58. The van der Waals surface area contributed by atoms with Gasteiger partial charge in [0.15, 0.2) is 0 Å². The summed E-state index contributed by atoms with van der Waals surface area (Å²) in [6.07, 6.45) is 0. The number of methoxy groups -OCH3 is 2. The van der Waals surface area contributed by atoms with Gasteiger partial charge in [0, 0.05) is 17.5 Å². The number of hydrogen-bond acceptors (Lipinski definition) is 3. The standard InChI is InChI=1S/C11H11NO3/c1-14-8-5-7-3-4-10(13)12-11(7)9(6-8)15-2/h3-6H,1-2H3,(H,12,13). The third-order valence-corrected chi connectivity index (χ3v) is 2.22. The van der Waals surface area contributed by atoms with Gasteiger partial charge < -0.3 is 14.5 Å². The zero-order valence-electron chi connectivity index (χ0n) is 8.53. The van der Waals surface area contributed by atoms with Gasteiger partial charge in [-0.15, -0.1) is 0 Å². The molecule has 1 N–H and O–H groups in total. The van der Waals surface area contributed by atoms with E-state index in [1.54, 1.807) is 26.4 Å². The lowest BCUT2D eigenvalue weighted by Crippen LogP contribution is -2.03. The number of benzene rings is 1. The van der Waals surface area contributed by atoms with E-state index in [-0.39, 0.29) is 5.56 Å². The van der Waals surface area contributed by atoms with Crippen LogP contribution in [0.3, 0.4) is 0 Å². The van der Waals surface area contributed by atoms with Crippen LogP contribution >= 0.6 is 0 Å². The monoisotopic (exact) mass is 205 g/mol. The number of pyridine rings is 1. The van der Waals surface area contributed by atoms with E-state index in [2.05, 4.69) is 4.98 Å². The van der Waals surface area contributed by atoms with E-state index < -0.39 is 0 Å². The highest BCUT2D eigenvalue weighted by Gasteiger charge is 2.05. The summed E-state index contributed by atoms with van der Waals surface area (Å²) in [6, 6.07) is 6.78. The highest BCUT2D eigenvalue weighted by atomic mass is 16.5. The molecule has 0 unspecified atom stereocenters. The molecule has 15 heavy (non-hydrogen) atoms. The molecule has 1 aromatic heterocycles. The molecule has 0 fully saturated rings. The summed E-state index contributed by atoms with van der Waals surface area (Å²) < 4.78 is 10.3. The summed E-state index contributed by atoms with van der Waals surface area (Å²) in [5, 5.41) is 0.880. The lowest BCUT2D eigenvalue weighted by atomic mass is 10.2. The fourth-order valence-corrected chi connectivity index (χ4v) is 1.49. The average molecular weight is 205 g/mol. The summed E-state index contributed by atoms with van der Waals surface area (Å²) in [5.41, 5.74) is 0.539. The number of hydrogen-bond donors (Lipinski definition) is 1. The third kappa shape index (κ3) is 1.66. The molecular formula is C11H11NO3. The van der Waals surface area contributed by atoms with Crippen LogP contribution in [0.2, 0.25) is 0 Å². The predicted molar refractivity (Wildman–Crippen MR) is 57.7 cm³/mol. The van der Waals surface area contributed by atoms with Gasteiger partial charge in [-0.2, -0.15) is 0 Å². The Morgan fingerprint density at radius 2 is 1.93 bits per heavy atom. The van der Waals surface area contributed by atoms with Gasteiger partial charge in [-0.05, 0) is 12.1 Å². The van der Waals surface area contributed by atoms with Gasteiger partial charge in [0.25, 0.3) is 0 Å². The minimum atomic E-state index is -0.147. The van der Waals surface area contributed by atoms with Crippen molar-refractivity contribution in [2.45, 2.75) is 0 Å². The van der Waals surface area contributed by atoms with Crippen LogP contribution in [0.15, 0.2) is 29.1 Å². The van der Waals surface area contributed by atoms with Crippen LogP contribution in [-0.2, 0) is 0 Å². The van der Waals surface area contributed by atoms with Crippen molar-refractivity contribution in [2.75, 3.05) is 14.2 Å². The number of aromatic amines is 1. The molecule has 2 rings (SSSR count). The number of nitrogens with one attached hydrogen (secondary N) is 1. The van der Waals surface area contributed by atoms with Gasteiger partial charge in [0.1, 0.15) is 11.5 Å². The molecular weight excluding hydrogens is 194 g/mol. The first-order valence-electron chi connectivity index (χ1n) is 4.49. The Morgan fingerprint density at radius 1 is 1.13 bits per heavy atom. The van der Waals surface area contributed by atoms with Gasteiger partial charge in [-0.25, -0.2) is 0 Å². The van der Waals surface area contributed by atoms with Crippen molar-refractivity contribution < 1.29 is 9.47 Å². The summed E-state index contributed by atoms with van der Waals surface area (Å²) in [6.45, 7) is 0. The highest BCUT2D eigenvalue weighted by molar-refractivity contribution is 5.85. The zero-order valence-corrected chi connectivity index (χ0v) is 8.53. The molecule has 4 heteroatoms. The van der Waals surface area contributed by atoms with Crippen molar-refractivity contribution in [2.24, 2.45) is 0 Å². The Morgan fingerprint density at radius 3 is 2.60 bits per heavy atom. The number of H-pyrrole nitrogens is 1. The average Bonchev–Trinajstić information content (AvgIpc) is 2.27. The number of ether oxygens (including phenoxy) is 2. The maximum Gasteiger partial charge on any atom is 0.248 e. The van der Waals surface area contributed by atoms with E-state index in [0.717, 1.165) is 5.39 Å². The largest absolute Gasteiger partial charge is 0.497 e. The maximum absolute atomic E-state index is 11.2. The molecule has 0 spiro atoms. The molecule has 0 saturated carbocycles. The Balaban J connectivity index is 2.80. The molecule has 0 aliphatic rings. The molecule has 4 nitrogen and oxygen atoms in total. The lowest BCUT2D eigenvalue weighted by Gasteiger charge is -2.07. The fraction of sp³-hybridized carbons (Fsp3) is 0.182. The smallest absolute Gasteiger partial charge is 0.248 e. The molecule has 1 aromatic carbocycles. The van der Waals surface area contributed by atoms with Crippen molar-refractivity contribution in [1.82, 2.24) is 4.98 Å². The van der Waals surface area contributed by atoms with Crippen LogP contribution in [0, 0.1) is 0 Å². The zero-order chi connectivity index (χ0) is 10.8. The fourth-order valence-electron chi connectivity index (χ4n) is 1.49.